The van der Waals surface area contributed by atoms with E-state index in [1.54, 1.807) is 0 Å². The van der Waals surface area contributed by atoms with Crippen molar-refractivity contribution in [2.45, 2.75) is 44.5 Å². The van der Waals surface area contributed by atoms with Crippen LogP contribution in [-0.2, 0) is 0 Å². The summed E-state index contributed by atoms with van der Waals surface area (Å²) in [6, 6.07) is 2.82. The van der Waals surface area contributed by atoms with Crippen LogP contribution in [0.4, 0.5) is 37.7 Å². The molecule has 1 aliphatic carbocycles. The van der Waals surface area contributed by atoms with Gasteiger partial charge in [0.2, 0.25) is 0 Å². The van der Waals surface area contributed by atoms with Gasteiger partial charge in [-0.2, -0.15) is 26.3 Å². The normalized spacial score (nSPS) is 15.7. The third-order valence-electron chi connectivity index (χ3n) is 4.77. The molecule has 2 rings (SSSR count). The lowest BCUT2D eigenvalue weighted by Gasteiger charge is -2.25. The van der Waals surface area contributed by atoms with Crippen LogP contribution in [0.5, 0.6) is 0 Å². The molecule has 1 N–H and O–H groups in total. The molecule has 168 valence electrons. The number of carbonyl (C=O) groups is 1. The first-order chi connectivity index (χ1) is 13.9. The highest BCUT2D eigenvalue weighted by Crippen LogP contribution is 2.30. The number of rotatable bonds is 7. The van der Waals surface area contributed by atoms with Crippen LogP contribution in [0.25, 0.3) is 0 Å². The summed E-state index contributed by atoms with van der Waals surface area (Å²) in [5.74, 6) is -1.28. The summed E-state index contributed by atoms with van der Waals surface area (Å²) in [4.78, 5) is 22.4. The Morgan fingerprint density at radius 2 is 1.63 bits per heavy atom. The number of anilines is 1. The van der Waals surface area contributed by atoms with E-state index in [2.05, 4.69) is 5.32 Å². The van der Waals surface area contributed by atoms with Crippen LogP contribution in [0, 0.1) is 16.0 Å². The van der Waals surface area contributed by atoms with Crippen LogP contribution in [0.2, 0.25) is 0 Å². The number of hydrogen-bond donors (Lipinski definition) is 1. The Hall–Kier alpha value is -2.53. The molecule has 1 saturated carbocycles. The molecule has 0 atom stereocenters. The molecule has 1 aromatic rings. The number of alkyl halides is 6. The second kappa shape index (κ2) is 9.52. The quantitative estimate of drug-likeness (QED) is 0.361. The molecule has 0 unspecified atom stereocenters. The number of nitro benzene ring substituents is 1. The maximum Gasteiger partial charge on any atom is 0.406 e. The van der Waals surface area contributed by atoms with E-state index in [4.69, 9.17) is 0 Å². The zero-order chi connectivity index (χ0) is 22.5. The van der Waals surface area contributed by atoms with Crippen molar-refractivity contribution in [3.63, 3.8) is 0 Å². The van der Waals surface area contributed by atoms with Crippen LogP contribution in [0.3, 0.4) is 0 Å². The minimum Gasteiger partial charge on any atom is -0.379 e. The highest BCUT2D eigenvalue weighted by molar-refractivity contribution is 5.95. The first-order valence-electron chi connectivity index (χ1n) is 9.31. The Balaban J connectivity index is 2.22. The molecular weight excluding hydrogens is 420 g/mol. The van der Waals surface area contributed by atoms with Gasteiger partial charge in [-0.1, -0.05) is 19.3 Å². The van der Waals surface area contributed by atoms with Gasteiger partial charge in [-0.25, -0.2) is 0 Å². The Morgan fingerprint density at radius 3 is 2.13 bits per heavy atom. The average Bonchev–Trinajstić information content (AvgIpc) is 2.63. The van der Waals surface area contributed by atoms with E-state index in [0.29, 0.717) is 18.5 Å². The van der Waals surface area contributed by atoms with Gasteiger partial charge in [0.05, 0.1) is 4.92 Å². The van der Waals surface area contributed by atoms with Gasteiger partial charge in [0, 0.05) is 18.2 Å². The second-order valence-corrected chi connectivity index (χ2v) is 7.27. The largest absolute Gasteiger partial charge is 0.406 e. The number of nitrogens with one attached hydrogen (secondary N) is 1. The summed E-state index contributed by atoms with van der Waals surface area (Å²) >= 11 is 0. The van der Waals surface area contributed by atoms with E-state index in [0.717, 1.165) is 44.2 Å². The SMILES string of the molecule is O=C(c1ccc(NCC2CCCCC2)c([N+](=O)[O-])c1)N(CC(F)(F)F)CC(F)(F)F. The first-order valence-corrected chi connectivity index (χ1v) is 9.31. The minimum absolute atomic E-state index is 0.0558. The molecule has 1 aromatic carbocycles. The Morgan fingerprint density at radius 1 is 1.07 bits per heavy atom. The maximum atomic E-state index is 12.6. The van der Waals surface area contributed by atoms with Crippen LogP contribution in [0.15, 0.2) is 18.2 Å². The Bertz CT molecular complexity index is 745. The maximum absolute atomic E-state index is 12.6. The predicted molar refractivity (Wildman–Crippen MR) is 96.2 cm³/mol. The summed E-state index contributed by atoms with van der Waals surface area (Å²) in [6.07, 6.45) is -4.98. The standard InChI is InChI=1S/C18H21F6N3O3/c19-17(20,21)10-26(11-18(22,23)24)16(28)13-6-7-14(15(8-13)27(29)30)25-9-12-4-2-1-3-5-12/h6-8,12,25H,1-5,9-11H2. The molecule has 0 aliphatic heterocycles. The van der Waals surface area contributed by atoms with Gasteiger partial charge in [-0.3, -0.25) is 14.9 Å². The van der Waals surface area contributed by atoms with Crippen molar-refractivity contribution in [1.82, 2.24) is 4.90 Å². The fourth-order valence-corrected chi connectivity index (χ4v) is 3.43. The van der Waals surface area contributed by atoms with Crippen LogP contribution in [0.1, 0.15) is 42.5 Å². The van der Waals surface area contributed by atoms with Gasteiger partial charge in [0.1, 0.15) is 18.8 Å². The van der Waals surface area contributed by atoms with Crippen molar-refractivity contribution in [3.05, 3.63) is 33.9 Å². The molecule has 1 aliphatic rings. The zero-order valence-electron chi connectivity index (χ0n) is 15.9. The first kappa shape index (κ1) is 23.7. The highest BCUT2D eigenvalue weighted by Gasteiger charge is 2.40. The van der Waals surface area contributed by atoms with Crippen molar-refractivity contribution in [2.24, 2.45) is 5.92 Å². The van der Waals surface area contributed by atoms with Gasteiger partial charge in [-0.05, 0) is 30.9 Å². The molecule has 0 heterocycles. The minimum atomic E-state index is -5.06. The Kier molecular flexibility index (Phi) is 7.54. The fraction of sp³-hybridized carbons (Fsp3) is 0.611. The van der Waals surface area contributed by atoms with Gasteiger partial charge < -0.3 is 10.2 Å². The van der Waals surface area contributed by atoms with Crippen molar-refractivity contribution in [2.75, 3.05) is 25.0 Å². The third kappa shape index (κ3) is 7.38. The molecular formula is C18H21F6N3O3. The number of benzene rings is 1. The Labute approximate surface area is 168 Å². The number of amides is 1. The molecule has 0 saturated heterocycles. The molecule has 1 amide bonds. The lowest BCUT2D eigenvalue weighted by Crippen LogP contribution is -2.44. The van der Waals surface area contributed by atoms with E-state index in [1.807, 2.05) is 0 Å². The van der Waals surface area contributed by atoms with E-state index < -0.39 is 52.4 Å². The van der Waals surface area contributed by atoms with Crippen molar-refractivity contribution >= 4 is 17.3 Å². The van der Waals surface area contributed by atoms with E-state index >= 15 is 0 Å². The zero-order valence-corrected chi connectivity index (χ0v) is 15.9. The summed E-state index contributed by atoms with van der Waals surface area (Å²) in [5.41, 5.74) is -1.16. The predicted octanol–water partition coefficient (Wildman–Crippen LogP) is 5.15. The molecule has 6 nitrogen and oxygen atoms in total. The molecule has 0 bridgehead atoms. The summed E-state index contributed by atoms with van der Waals surface area (Å²) in [7, 11) is 0. The number of carbonyl (C=O) groups excluding carboxylic acids is 1. The third-order valence-corrected chi connectivity index (χ3v) is 4.77. The smallest absolute Gasteiger partial charge is 0.379 e. The van der Waals surface area contributed by atoms with E-state index in [-0.39, 0.29) is 5.69 Å². The lowest BCUT2D eigenvalue weighted by molar-refractivity contribution is -0.384. The van der Waals surface area contributed by atoms with E-state index in [9.17, 15) is 41.3 Å². The van der Waals surface area contributed by atoms with Gasteiger partial charge in [0.15, 0.2) is 0 Å². The van der Waals surface area contributed by atoms with Crippen molar-refractivity contribution in [3.8, 4) is 0 Å². The van der Waals surface area contributed by atoms with Gasteiger partial charge in [-0.15, -0.1) is 0 Å². The second-order valence-electron chi connectivity index (χ2n) is 7.27. The van der Waals surface area contributed by atoms with Gasteiger partial charge >= 0.3 is 12.4 Å². The van der Waals surface area contributed by atoms with Gasteiger partial charge in [0.25, 0.3) is 11.6 Å². The molecule has 1 fully saturated rings. The van der Waals surface area contributed by atoms with Crippen molar-refractivity contribution < 1.29 is 36.1 Å². The van der Waals surface area contributed by atoms with Crippen LogP contribution >= 0.6 is 0 Å². The van der Waals surface area contributed by atoms with E-state index in [1.165, 1.54) is 0 Å². The molecule has 0 aromatic heterocycles. The molecule has 30 heavy (non-hydrogen) atoms. The molecule has 12 heteroatoms. The monoisotopic (exact) mass is 441 g/mol. The number of hydrogen-bond acceptors (Lipinski definition) is 4. The average molecular weight is 441 g/mol. The number of nitro groups is 1. The summed E-state index contributed by atoms with van der Waals surface area (Å²) < 4.78 is 75.8. The number of nitrogens with zero attached hydrogens (tertiary/aromatic N) is 2. The fourth-order valence-electron chi connectivity index (χ4n) is 3.43. The number of halogens is 6. The summed E-state index contributed by atoms with van der Waals surface area (Å²) in [6.45, 7) is -3.80. The molecule has 0 radical (unpaired) electrons. The van der Waals surface area contributed by atoms with Crippen LogP contribution in [-0.4, -0.2) is 47.7 Å². The van der Waals surface area contributed by atoms with Crippen molar-refractivity contribution in [1.29, 1.82) is 0 Å². The topological polar surface area (TPSA) is 75.5 Å². The highest BCUT2D eigenvalue weighted by atomic mass is 19.4. The lowest BCUT2D eigenvalue weighted by atomic mass is 9.89. The summed E-state index contributed by atoms with van der Waals surface area (Å²) in [5, 5.41) is 14.3. The van der Waals surface area contributed by atoms with Crippen LogP contribution < -0.4 is 5.32 Å². The molecule has 0 spiro atoms.